The number of piperidine rings is 1. The van der Waals surface area contributed by atoms with Crippen LogP contribution in [0.4, 0.5) is 9.93 Å². The Morgan fingerprint density at radius 2 is 2.41 bits per heavy atom. The van der Waals surface area contributed by atoms with Crippen molar-refractivity contribution in [3.8, 4) is 0 Å². The summed E-state index contributed by atoms with van der Waals surface area (Å²) in [5.74, 6) is 0.735. The standard InChI is InChI=1S/C13H19N7OS/c1-2-5-10-17-19-12(22-10)16-13(21)20-7-4-3-6-9(20)11-14-8-15-18-11/h8-9H,2-7H2,1H3,(H,14,15,18)(H,16,19,21). The van der Waals surface area contributed by atoms with Gasteiger partial charge in [0, 0.05) is 13.0 Å². The number of carbonyl (C=O) groups is 1. The maximum Gasteiger partial charge on any atom is 0.324 e. The molecule has 22 heavy (non-hydrogen) atoms. The molecule has 0 radical (unpaired) electrons. The third-order valence-electron chi connectivity index (χ3n) is 3.66. The van der Waals surface area contributed by atoms with Crippen molar-refractivity contribution >= 4 is 22.5 Å². The van der Waals surface area contributed by atoms with E-state index in [1.165, 1.54) is 17.7 Å². The minimum absolute atomic E-state index is 0.0562. The first-order chi connectivity index (χ1) is 10.8. The fraction of sp³-hybridized carbons (Fsp3) is 0.615. The molecule has 2 aromatic heterocycles. The summed E-state index contributed by atoms with van der Waals surface area (Å²) in [6.45, 7) is 2.80. The zero-order valence-corrected chi connectivity index (χ0v) is 13.3. The van der Waals surface area contributed by atoms with Crippen molar-refractivity contribution in [3.05, 3.63) is 17.2 Å². The number of H-pyrrole nitrogens is 1. The van der Waals surface area contributed by atoms with Gasteiger partial charge in [-0.15, -0.1) is 10.2 Å². The first kappa shape index (κ1) is 14.9. The molecule has 1 unspecified atom stereocenters. The lowest BCUT2D eigenvalue weighted by molar-refractivity contribution is 0.159. The van der Waals surface area contributed by atoms with Gasteiger partial charge in [0.1, 0.15) is 17.2 Å². The molecule has 118 valence electrons. The van der Waals surface area contributed by atoms with Gasteiger partial charge in [-0.25, -0.2) is 9.78 Å². The largest absolute Gasteiger partial charge is 0.324 e. The van der Waals surface area contributed by atoms with Crippen LogP contribution in [0.5, 0.6) is 0 Å². The lowest BCUT2D eigenvalue weighted by Gasteiger charge is -2.33. The van der Waals surface area contributed by atoms with Crippen LogP contribution in [0.2, 0.25) is 0 Å². The first-order valence-electron chi connectivity index (χ1n) is 7.53. The summed E-state index contributed by atoms with van der Waals surface area (Å²) in [6.07, 6.45) is 6.34. The second-order valence-electron chi connectivity index (χ2n) is 5.26. The number of likely N-dealkylation sites (tertiary alicyclic amines) is 1. The highest BCUT2D eigenvalue weighted by Crippen LogP contribution is 2.29. The number of nitrogens with zero attached hydrogens (tertiary/aromatic N) is 5. The summed E-state index contributed by atoms with van der Waals surface area (Å²) in [7, 11) is 0. The van der Waals surface area contributed by atoms with E-state index in [2.05, 4.69) is 37.6 Å². The fourth-order valence-electron chi connectivity index (χ4n) is 2.62. The molecule has 8 nitrogen and oxygen atoms in total. The monoisotopic (exact) mass is 321 g/mol. The summed E-state index contributed by atoms with van der Waals surface area (Å²) in [4.78, 5) is 18.5. The van der Waals surface area contributed by atoms with Gasteiger partial charge in [-0.2, -0.15) is 5.10 Å². The first-order valence-corrected chi connectivity index (χ1v) is 8.35. The number of urea groups is 1. The van der Waals surface area contributed by atoms with Gasteiger partial charge >= 0.3 is 6.03 Å². The van der Waals surface area contributed by atoms with Crippen molar-refractivity contribution in [2.24, 2.45) is 0 Å². The second kappa shape index (κ2) is 6.82. The molecule has 2 amide bonds. The molecule has 1 saturated heterocycles. The van der Waals surface area contributed by atoms with E-state index in [-0.39, 0.29) is 12.1 Å². The van der Waals surface area contributed by atoms with Gasteiger partial charge in [0.15, 0.2) is 0 Å². The number of aromatic amines is 1. The predicted octanol–water partition coefficient (Wildman–Crippen LogP) is 2.37. The molecule has 1 aliphatic rings. The van der Waals surface area contributed by atoms with Gasteiger partial charge < -0.3 is 4.90 Å². The number of carbonyl (C=O) groups excluding carboxylic acids is 1. The lowest BCUT2D eigenvalue weighted by atomic mass is 10.0. The van der Waals surface area contributed by atoms with E-state index >= 15 is 0 Å². The highest BCUT2D eigenvalue weighted by molar-refractivity contribution is 7.15. The summed E-state index contributed by atoms with van der Waals surface area (Å²) < 4.78 is 0. The van der Waals surface area contributed by atoms with Crippen LogP contribution in [0.3, 0.4) is 0 Å². The van der Waals surface area contributed by atoms with Crippen LogP contribution in [0.1, 0.15) is 49.5 Å². The fourth-order valence-corrected chi connectivity index (χ4v) is 3.45. The highest BCUT2D eigenvalue weighted by atomic mass is 32.1. The molecule has 0 saturated carbocycles. The van der Waals surface area contributed by atoms with E-state index in [0.717, 1.165) is 42.9 Å². The molecule has 1 fully saturated rings. The molecule has 0 spiro atoms. The maximum absolute atomic E-state index is 12.5. The summed E-state index contributed by atoms with van der Waals surface area (Å²) in [5, 5.41) is 19.2. The van der Waals surface area contributed by atoms with Crippen molar-refractivity contribution < 1.29 is 4.79 Å². The Bertz CT molecular complexity index is 612. The number of nitrogens with one attached hydrogen (secondary N) is 2. The molecule has 1 atom stereocenters. The maximum atomic E-state index is 12.5. The van der Waals surface area contributed by atoms with Gasteiger partial charge in [-0.1, -0.05) is 18.3 Å². The number of rotatable bonds is 4. The number of amides is 2. The summed E-state index contributed by atoms with van der Waals surface area (Å²) >= 11 is 1.43. The number of hydrogen-bond donors (Lipinski definition) is 2. The Hall–Kier alpha value is -2.03. The zero-order chi connectivity index (χ0) is 15.4. The molecule has 9 heteroatoms. The van der Waals surface area contributed by atoms with Crippen LogP contribution in [0, 0.1) is 0 Å². The van der Waals surface area contributed by atoms with Crippen molar-refractivity contribution in [3.63, 3.8) is 0 Å². The Labute approximate surface area is 132 Å². The zero-order valence-electron chi connectivity index (χ0n) is 12.4. The van der Waals surface area contributed by atoms with Crippen molar-refractivity contribution in [2.45, 2.75) is 45.1 Å². The van der Waals surface area contributed by atoms with Gasteiger partial charge in [0.2, 0.25) is 5.13 Å². The topological polar surface area (TPSA) is 99.7 Å². The van der Waals surface area contributed by atoms with E-state index in [1.807, 2.05) is 0 Å². The molecule has 1 aliphatic heterocycles. The molecule has 3 rings (SSSR count). The Morgan fingerprint density at radius 1 is 1.50 bits per heavy atom. The van der Waals surface area contributed by atoms with E-state index in [4.69, 9.17) is 0 Å². The SMILES string of the molecule is CCCc1nnc(NC(=O)N2CCCCC2c2ncn[nH]2)s1. The third kappa shape index (κ3) is 3.24. The van der Waals surface area contributed by atoms with Gasteiger partial charge in [0.05, 0.1) is 6.04 Å². The Morgan fingerprint density at radius 3 is 3.18 bits per heavy atom. The van der Waals surface area contributed by atoms with E-state index in [0.29, 0.717) is 11.7 Å². The number of aromatic nitrogens is 5. The van der Waals surface area contributed by atoms with Crippen LogP contribution in [-0.2, 0) is 6.42 Å². The van der Waals surface area contributed by atoms with Crippen LogP contribution in [-0.4, -0.2) is 42.9 Å². The molecule has 0 aromatic carbocycles. The van der Waals surface area contributed by atoms with E-state index < -0.39 is 0 Å². The van der Waals surface area contributed by atoms with Gasteiger partial charge in [-0.3, -0.25) is 10.4 Å². The van der Waals surface area contributed by atoms with Crippen molar-refractivity contribution in [1.82, 2.24) is 30.3 Å². The van der Waals surface area contributed by atoms with Crippen LogP contribution in [0.25, 0.3) is 0 Å². The lowest BCUT2D eigenvalue weighted by Crippen LogP contribution is -2.41. The van der Waals surface area contributed by atoms with Crippen molar-refractivity contribution in [1.29, 1.82) is 0 Å². The third-order valence-corrected chi connectivity index (χ3v) is 4.56. The Balaban J connectivity index is 1.69. The number of anilines is 1. The van der Waals surface area contributed by atoms with Crippen molar-refractivity contribution in [2.75, 3.05) is 11.9 Å². The Kier molecular flexibility index (Phi) is 4.62. The van der Waals surface area contributed by atoms with E-state index in [9.17, 15) is 4.79 Å². The van der Waals surface area contributed by atoms with E-state index in [1.54, 1.807) is 4.90 Å². The number of aryl methyl sites for hydroxylation is 1. The molecular weight excluding hydrogens is 302 g/mol. The predicted molar refractivity (Wildman–Crippen MR) is 82.6 cm³/mol. The second-order valence-corrected chi connectivity index (χ2v) is 6.32. The van der Waals surface area contributed by atoms with Crippen LogP contribution >= 0.6 is 11.3 Å². The van der Waals surface area contributed by atoms with Gasteiger partial charge in [0.25, 0.3) is 0 Å². The molecule has 0 bridgehead atoms. The van der Waals surface area contributed by atoms with Crippen LogP contribution in [0.15, 0.2) is 6.33 Å². The quantitative estimate of drug-likeness (QED) is 0.900. The molecule has 0 aliphatic carbocycles. The summed E-state index contributed by atoms with van der Waals surface area (Å²) in [5.41, 5.74) is 0. The minimum atomic E-state index is -0.153. The van der Waals surface area contributed by atoms with Crippen LogP contribution < -0.4 is 5.32 Å². The normalized spacial score (nSPS) is 18.4. The average molecular weight is 321 g/mol. The number of hydrogen-bond acceptors (Lipinski definition) is 6. The molecule has 3 heterocycles. The summed E-state index contributed by atoms with van der Waals surface area (Å²) in [6, 6.07) is -0.209. The molecule has 2 aromatic rings. The molecular formula is C13H19N7OS. The smallest absolute Gasteiger partial charge is 0.314 e. The minimum Gasteiger partial charge on any atom is -0.314 e. The highest BCUT2D eigenvalue weighted by Gasteiger charge is 2.30. The molecule has 2 N–H and O–H groups in total. The average Bonchev–Trinajstić information content (AvgIpc) is 3.19. The van der Waals surface area contributed by atoms with Gasteiger partial charge in [-0.05, 0) is 25.7 Å².